The first-order valence-electron chi connectivity index (χ1n) is 5.87. The summed E-state index contributed by atoms with van der Waals surface area (Å²) in [5.74, 6) is 5.25. The van der Waals surface area contributed by atoms with Crippen LogP contribution >= 0.6 is 50.1 Å². The highest BCUT2D eigenvalue weighted by Crippen LogP contribution is 2.28. The molecule has 6 heteroatoms. The summed E-state index contributed by atoms with van der Waals surface area (Å²) in [7, 11) is 0. The van der Waals surface area contributed by atoms with Crippen molar-refractivity contribution in [2.45, 2.75) is 12.5 Å². The van der Waals surface area contributed by atoms with Gasteiger partial charge in [-0.05, 0) is 64.4 Å². The molecule has 0 aliphatic rings. The van der Waals surface area contributed by atoms with Crippen LogP contribution in [0.2, 0.25) is 5.02 Å². The van der Waals surface area contributed by atoms with Gasteiger partial charge in [-0.3, -0.25) is 11.3 Å². The fourth-order valence-electron chi connectivity index (χ4n) is 1.97. The van der Waals surface area contributed by atoms with Gasteiger partial charge < -0.3 is 0 Å². The third kappa shape index (κ3) is 3.71. The van der Waals surface area contributed by atoms with Gasteiger partial charge >= 0.3 is 0 Å². The summed E-state index contributed by atoms with van der Waals surface area (Å²) in [5.41, 5.74) is 4.30. The van der Waals surface area contributed by atoms with Crippen molar-refractivity contribution in [3.8, 4) is 0 Å². The summed E-state index contributed by atoms with van der Waals surface area (Å²) in [5, 5.41) is 0.127. The number of benzene rings is 2. The second kappa shape index (κ2) is 7.17. The van der Waals surface area contributed by atoms with Crippen LogP contribution in [0.25, 0.3) is 0 Å². The Bertz CT molecular complexity index is 624. The molecule has 0 bridgehead atoms. The first kappa shape index (κ1) is 16.2. The molecule has 2 aromatic rings. The maximum absolute atomic E-state index is 14.0. The third-order valence-corrected chi connectivity index (χ3v) is 4.76. The average Bonchev–Trinajstić information content (AvgIpc) is 2.43. The molecule has 2 aromatic carbocycles. The van der Waals surface area contributed by atoms with E-state index in [9.17, 15) is 4.39 Å². The molecule has 3 N–H and O–H groups in total. The average molecular weight is 470 g/mol. The molecule has 2 rings (SSSR count). The number of hydrogen-bond donors (Lipinski definition) is 2. The largest absolute Gasteiger partial charge is 0.271 e. The van der Waals surface area contributed by atoms with Crippen molar-refractivity contribution in [2.75, 3.05) is 0 Å². The van der Waals surface area contributed by atoms with Crippen molar-refractivity contribution in [1.29, 1.82) is 0 Å². The molecule has 20 heavy (non-hydrogen) atoms. The van der Waals surface area contributed by atoms with E-state index in [0.717, 1.165) is 13.6 Å². The second-order valence-electron chi connectivity index (χ2n) is 4.30. The van der Waals surface area contributed by atoms with E-state index in [1.165, 1.54) is 6.07 Å². The second-order valence-corrected chi connectivity index (χ2v) is 6.79. The lowest BCUT2D eigenvalue weighted by atomic mass is 9.99. The topological polar surface area (TPSA) is 38.0 Å². The standard InChI is InChI=1S/C14H12BrClFIN2/c15-9-4-5-12(18)10(7-9)13(20-19)6-8-2-1-3-11(16)14(8)17/h1-5,7,13,20H,6,19H2. The van der Waals surface area contributed by atoms with Gasteiger partial charge in [-0.1, -0.05) is 39.7 Å². The Kier molecular flexibility index (Phi) is 5.80. The summed E-state index contributed by atoms with van der Waals surface area (Å²) in [4.78, 5) is 0. The molecule has 0 amide bonds. The Morgan fingerprint density at radius 2 is 2.10 bits per heavy atom. The van der Waals surface area contributed by atoms with E-state index in [4.69, 9.17) is 17.4 Å². The summed E-state index contributed by atoms with van der Waals surface area (Å²) in [6.45, 7) is 0. The van der Waals surface area contributed by atoms with Crippen molar-refractivity contribution in [2.24, 2.45) is 5.84 Å². The quantitative estimate of drug-likeness (QED) is 0.391. The van der Waals surface area contributed by atoms with Gasteiger partial charge in [0.05, 0.1) is 11.1 Å². The highest BCUT2D eigenvalue weighted by Gasteiger charge is 2.17. The highest BCUT2D eigenvalue weighted by atomic mass is 127. The maximum Gasteiger partial charge on any atom is 0.145 e. The molecule has 2 nitrogen and oxygen atoms in total. The minimum atomic E-state index is -0.389. The molecule has 1 unspecified atom stereocenters. The molecule has 0 spiro atoms. The van der Waals surface area contributed by atoms with E-state index in [1.54, 1.807) is 12.1 Å². The van der Waals surface area contributed by atoms with Crippen LogP contribution < -0.4 is 11.3 Å². The van der Waals surface area contributed by atoms with Crippen molar-refractivity contribution >= 4 is 50.1 Å². The maximum atomic E-state index is 14.0. The normalized spacial score (nSPS) is 12.4. The summed E-state index contributed by atoms with van der Waals surface area (Å²) >= 11 is 11.5. The molecule has 0 aliphatic heterocycles. The van der Waals surface area contributed by atoms with Gasteiger partial charge in [0.2, 0.25) is 0 Å². The molecule has 1 atom stereocenters. The van der Waals surface area contributed by atoms with Crippen molar-refractivity contribution in [3.63, 3.8) is 0 Å². The van der Waals surface area contributed by atoms with Gasteiger partial charge in [-0.15, -0.1) is 0 Å². The fraction of sp³-hybridized carbons (Fsp3) is 0.143. The minimum absolute atomic E-state index is 0.127. The number of nitrogens with one attached hydrogen (secondary N) is 1. The van der Waals surface area contributed by atoms with E-state index in [0.29, 0.717) is 12.0 Å². The molecule has 0 fully saturated rings. The highest BCUT2D eigenvalue weighted by molar-refractivity contribution is 14.1. The number of hydrazine groups is 1. The number of rotatable bonds is 4. The van der Waals surface area contributed by atoms with Crippen molar-refractivity contribution in [3.05, 3.63) is 66.4 Å². The van der Waals surface area contributed by atoms with Gasteiger partial charge in [0.25, 0.3) is 0 Å². The van der Waals surface area contributed by atoms with Crippen LogP contribution in [0.15, 0.2) is 40.9 Å². The molecule has 106 valence electrons. The molecular formula is C14H12BrClFIN2. The van der Waals surface area contributed by atoms with Crippen LogP contribution in [0.3, 0.4) is 0 Å². The van der Waals surface area contributed by atoms with Gasteiger partial charge in [0, 0.05) is 8.04 Å². The minimum Gasteiger partial charge on any atom is -0.271 e. The summed E-state index contributed by atoms with van der Waals surface area (Å²) in [6.07, 6.45) is 0.426. The molecule has 0 saturated heterocycles. The van der Waals surface area contributed by atoms with Crippen LogP contribution in [0.4, 0.5) is 4.39 Å². The van der Waals surface area contributed by atoms with E-state index < -0.39 is 0 Å². The molecule has 0 saturated carbocycles. The zero-order chi connectivity index (χ0) is 14.7. The van der Waals surface area contributed by atoms with E-state index in [2.05, 4.69) is 43.9 Å². The van der Waals surface area contributed by atoms with Gasteiger partial charge in [0.15, 0.2) is 0 Å². The van der Waals surface area contributed by atoms with Crippen LogP contribution in [0.1, 0.15) is 17.2 Å². The van der Waals surface area contributed by atoms with Gasteiger partial charge in [-0.2, -0.15) is 0 Å². The Labute approximate surface area is 144 Å². The first-order valence-corrected chi connectivity index (χ1v) is 8.12. The zero-order valence-electron chi connectivity index (χ0n) is 10.3. The van der Waals surface area contributed by atoms with E-state index >= 15 is 0 Å². The molecular weight excluding hydrogens is 457 g/mol. The predicted molar refractivity (Wildman–Crippen MR) is 92.0 cm³/mol. The van der Waals surface area contributed by atoms with E-state index in [-0.39, 0.29) is 16.9 Å². The van der Waals surface area contributed by atoms with Crippen LogP contribution in [-0.2, 0) is 6.42 Å². The Hall–Kier alpha value is -0.210. The summed E-state index contributed by atoms with van der Waals surface area (Å²) < 4.78 is 16.0. The van der Waals surface area contributed by atoms with Gasteiger partial charge in [-0.25, -0.2) is 4.39 Å². The predicted octanol–water partition coefficient (Wildman–Crippen LogP) is 4.59. The van der Waals surface area contributed by atoms with Gasteiger partial charge in [0.1, 0.15) is 5.82 Å². The monoisotopic (exact) mass is 468 g/mol. The fourth-order valence-corrected chi connectivity index (χ4v) is 3.25. The number of hydrogen-bond acceptors (Lipinski definition) is 2. The number of halogens is 4. The van der Waals surface area contributed by atoms with Crippen molar-refractivity contribution in [1.82, 2.24) is 5.43 Å². The summed E-state index contributed by atoms with van der Waals surface area (Å²) in [6, 6.07) is 10.7. The Morgan fingerprint density at radius 3 is 2.80 bits per heavy atom. The molecule has 0 aliphatic carbocycles. The van der Waals surface area contributed by atoms with Crippen LogP contribution in [0, 0.1) is 9.39 Å². The Balaban J connectivity index is 2.34. The van der Waals surface area contributed by atoms with Crippen LogP contribution in [0.5, 0.6) is 0 Å². The SMILES string of the molecule is NNC(Cc1cccc(Cl)c1F)c1cc(Br)ccc1I. The van der Waals surface area contributed by atoms with Crippen molar-refractivity contribution < 1.29 is 4.39 Å². The molecule has 0 aromatic heterocycles. The van der Waals surface area contributed by atoms with E-state index in [1.807, 2.05) is 18.2 Å². The molecule has 0 heterocycles. The molecule has 0 radical (unpaired) electrons. The first-order chi connectivity index (χ1) is 9.52. The zero-order valence-corrected chi connectivity index (χ0v) is 14.8. The lowest BCUT2D eigenvalue weighted by Crippen LogP contribution is -2.30. The van der Waals surface area contributed by atoms with Crippen LogP contribution in [-0.4, -0.2) is 0 Å². The number of nitrogens with two attached hydrogens (primary N) is 1. The lowest BCUT2D eigenvalue weighted by molar-refractivity contribution is 0.527. The smallest absolute Gasteiger partial charge is 0.145 e. The lowest BCUT2D eigenvalue weighted by Gasteiger charge is -2.19. The third-order valence-electron chi connectivity index (χ3n) is 2.99. The Morgan fingerprint density at radius 1 is 1.35 bits per heavy atom.